The standard InChI is InChI=1S/C20H27Cl/c1-18-8-15-9-19(2,12-18)14-20(10-15,13-18)11-17(21)16-6-4-3-5-7-16/h3-7,15,17H,8-14H2,1-2H3. The zero-order valence-corrected chi connectivity index (χ0v) is 14.1. The van der Waals surface area contributed by atoms with Crippen molar-refractivity contribution in [2.75, 3.05) is 0 Å². The van der Waals surface area contributed by atoms with Crippen molar-refractivity contribution in [3.63, 3.8) is 0 Å². The molecule has 1 heteroatoms. The van der Waals surface area contributed by atoms with Crippen molar-refractivity contribution in [2.24, 2.45) is 22.2 Å². The summed E-state index contributed by atoms with van der Waals surface area (Å²) in [4.78, 5) is 0. The van der Waals surface area contributed by atoms with Gasteiger partial charge in [0, 0.05) is 0 Å². The molecule has 1 aromatic rings. The highest BCUT2D eigenvalue weighted by atomic mass is 35.5. The number of hydrogen-bond donors (Lipinski definition) is 0. The maximum Gasteiger partial charge on any atom is 0.0590 e. The molecule has 5 rings (SSSR count). The molecule has 3 unspecified atom stereocenters. The van der Waals surface area contributed by atoms with Gasteiger partial charge >= 0.3 is 0 Å². The summed E-state index contributed by atoms with van der Waals surface area (Å²) >= 11 is 6.83. The van der Waals surface area contributed by atoms with Crippen LogP contribution in [0, 0.1) is 22.2 Å². The third-order valence-corrected chi connectivity index (χ3v) is 6.92. The van der Waals surface area contributed by atoms with E-state index in [-0.39, 0.29) is 5.38 Å². The summed E-state index contributed by atoms with van der Waals surface area (Å²) < 4.78 is 0. The van der Waals surface area contributed by atoms with Crippen LogP contribution in [0.4, 0.5) is 0 Å². The second-order valence-electron chi connectivity index (χ2n) is 9.21. The van der Waals surface area contributed by atoms with Crippen LogP contribution in [0.15, 0.2) is 30.3 Å². The first-order valence-corrected chi connectivity index (χ1v) is 9.02. The van der Waals surface area contributed by atoms with E-state index >= 15 is 0 Å². The van der Waals surface area contributed by atoms with Crippen LogP contribution in [0.1, 0.15) is 69.7 Å². The van der Waals surface area contributed by atoms with Gasteiger partial charge in [0.1, 0.15) is 0 Å². The quantitative estimate of drug-likeness (QED) is 0.570. The molecule has 4 aliphatic rings. The molecule has 0 spiro atoms. The topological polar surface area (TPSA) is 0 Å². The maximum atomic E-state index is 6.83. The second kappa shape index (κ2) is 4.51. The fourth-order valence-corrected chi connectivity index (χ4v) is 7.54. The van der Waals surface area contributed by atoms with Crippen LogP contribution in [0.3, 0.4) is 0 Å². The normalized spacial score (nSPS) is 45.8. The lowest BCUT2D eigenvalue weighted by atomic mass is 9.39. The van der Waals surface area contributed by atoms with Gasteiger partial charge in [0.15, 0.2) is 0 Å². The fraction of sp³-hybridized carbons (Fsp3) is 0.700. The van der Waals surface area contributed by atoms with Crippen LogP contribution < -0.4 is 0 Å². The van der Waals surface area contributed by atoms with Gasteiger partial charge in [-0.2, -0.15) is 0 Å². The zero-order valence-electron chi connectivity index (χ0n) is 13.4. The highest BCUT2D eigenvalue weighted by Crippen LogP contribution is 2.71. The Bertz CT molecular complexity index is 516. The van der Waals surface area contributed by atoms with Crippen molar-refractivity contribution in [2.45, 2.75) is 64.2 Å². The van der Waals surface area contributed by atoms with Crippen LogP contribution in [-0.2, 0) is 0 Å². The van der Waals surface area contributed by atoms with E-state index in [1.807, 2.05) is 0 Å². The van der Waals surface area contributed by atoms with E-state index < -0.39 is 0 Å². The Morgan fingerprint density at radius 2 is 1.62 bits per heavy atom. The molecule has 0 saturated heterocycles. The van der Waals surface area contributed by atoms with Gasteiger partial charge in [-0.3, -0.25) is 0 Å². The van der Waals surface area contributed by atoms with Crippen molar-refractivity contribution in [1.29, 1.82) is 0 Å². The summed E-state index contributed by atoms with van der Waals surface area (Å²) in [5, 5.41) is 0.189. The van der Waals surface area contributed by atoms with E-state index in [1.165, 1.54) is 50.5 Å². The molecule has 4 saturated carbocycles. The molecule has 4 bridgehead atoms. The first-order chi connectivity index (χ1) is 9.90. The number of halogens is 1. The Morgan fingerprint density at radius 1 is 1.00 bits per heavy atom. The van der Waals surface area contributed by atoms with E-state index in [4.69, 9.17) is 11.6 Å². The molecule has 0 heterocycles. The van der Waals surface area contributed by atoms with Crippen molar-refractivity contribution >= 4 is 11.6 Å². The predicted molar refractivity (Wildman–Crippen MR) is 89.5 cm³/mol. The van der Waals surface area contributed by atoms with E-state index in [9.17, 15) is 0 Å². The van der Waals surface area contributed by atoms with E-state index in [1.54, 1.807) is 0 Å². The largest absolute Gasteiger partial charge is 0.118 e. The highest BCUT2D eigenvalue weighted by molar-refractivity contribution is 6.20. The molecule has 0 radical (unpaired) electrons. The van der Waals surface area contributed by atoms with Gasteiger partial charge in [-0.1, -0.05) is 44.2 Å². The van der Waals surface area contributed by atoms with Crippen molar-refractivity contribution in [3.05, 3.63) is 35.9 Å². The Kier molecular flexibility index (Phi) is 3.03. The van der Waals surface area contributed by atoms with Gasteiger partial charge < -0.3 is 0 Å². The smallest absolute Gasteiger partial charge is 0.0590 e. The molecule has 0 nitrogen and oxygen atoms in total. The van der Waals surface area contributed by atoms with Crippen LogP contribution in [0.2, 0.25) is 0 Å². The third-order valence-electron chi connectivity index (χ3n) is 6.52. The number of alkyl halides is 1. The van der Waals surface area contributed by atoms with Gasteiger partial charge in [0.05, 0.1) is 5.38 Å². The minimum absolute atomic E-state index is 0.189. The minimum Gasteiger partial charge on any atom is -0.118 e. The maximum absolute atomic E-state index is 6.83. The monoisotopic (exact) mass is 302 g/mol. The van der Waals surface area contributed by atoms with Crippen molar-refractivity contribution in [3.8, 4) is 0 Å². The van der Waals surface area contributed by atoms with E-state index in [2.05, 4.69) is 44.2 Å². The van der Waals surface area contributed by atoms with Crippen LogP contribution in [0.25, 0.3) is 0 Å². The highest BCUT2D eigenvalue weighted by Gasteiger charge is 2.60. The summed E-state index contributed by atoms with van der Waals surface area (Å²) in [7, 11) is 0. The van der Waals surface area contributed by atoms with Gasteiger partial charge in [0.25, 0.3) is 0 Å². The molecule has 0 aromatic heterocycles. The third kappa shape index (κ3) is 2.44. The molecule has 114 valence electrons. The molecule has 3 atom stereocenters. The number of benzene rings is 1. The first kappa shape index (κ1) is 14.1. The lowest BCUT2D eigenvalue weighted by Crippen LogP contribution is -2.55. The summed E-state index contributed by atoms with van der Waals surface area (Å²) in [5.41, 5.74) is 3.03. The predicted octanol–water partition coefficient (Wildman–Crippen LogP) is 6.35. The number of rotatable bonds is 3. The molecule has 4 aliphatic carbocycles. The van der Waals surface area contributed by atoms with Crippen LogP contribution in [0.5, 0.6) is 0 Å². The van der Waals surface area contributed by atoms with Crippen molar-refractivity contribution < 1.29 is 0 Å². The first-order valence-electron chi connectivity index (χ1n) is 8.59. The van der Waals surface area contributed by atoms with Crippen LogP contribution >= 0.6 is 11.6 Å². The van der Waals surface area contributed by atoms with Gasteiger partial charge in [0.2, 0.25) is 0 Å². The van der Waals surface area contributed by atoms with Gasteiger partial charge in [-0.15, -0.1) is 11.6 Å². The summed E-state index contributed by atoms with van der Waals surface area (Å²) in [6, 6.07) is 10.7. The molecule has 1 aromatic carbocycles. The Hall–Kier alpha value is -0.490. The molecule has 4 fully saturated rings. The van der Waals surface area contributed by atoms with E-state index in [0.29, 0.717) is 16.2 Å². The average Bonchev–Trinajstić information content (AvgIpc) is 2.34. The van der Waals surface area contributed by atoms with E-state index in [0.717, 1.165) is 5.92 Å². The molecule has 0 amide bonds. The fourth-order valence-electron chi connectivity index (χ4n) is 7.07. The lowest BCUT2D eigenvalue weighted by molar-refractivity contribution is -0.147. The van der Waals surface area contributed by atoms with Crippen molar-refractivity contribution in [1.82, 2.24) is 0 Å². The zero-order chi connectivity index (χ0) is 14.7. The Balaban J connectivity index is 1.60. The van der Waals surface area contributed by atoms with Crippen LogP contribution in [-0.4, -0.2) is 0 Å². The SMILES string of the molecule is CC12CC3CC(C)(C1)CC(CC(Cl)c1ccccc1)(C3)C2. The molecule has 21 heavy (non-hydrogen) atoms. The summed E-state index contributed by atoms with van der Waals surface area (Å²) in [6.45, 7) is 5.10. The molecular weight excluding hydrogens is 276 g/mol. The summed E-state index contributed by atoms with van der Waals surface area (Å²) in [5.74, 6) is 0.968. The molecular formula is C20H27Cl. The minimum atomic E-state index is 0.189. The van der Waals surface area contributed by atoms with Gasteiger partial charge in [-0.25, -0.2) is 0 Å². The second-order valence-corrected chi connectivity index (χ2v) is 9.74. The van der Waals surface area contributed by atoms with Gasteiger partial charge in [-0.05, 0) is 72.7 Å². The Morgan fingerprint density at radius 3 is 2.19 bits per heavy atom. The number of hydrogen-bond acceptors (Lipinski definition) is 0. The molecule has 0 N–H and O–H groups in total. The molecule has 0 aliphatic heterocycles. The summed E-state index contributed by atoms with van der Waals surface area (Å²) in [6.07, 6.45) is 9.86. The Labute approximate surface area is 134 Å². The lowest BCUT2D eigenvalue weighted by Gasteiger charge is -2.66. The average molecular weight is 303 g/mol.